The fraction of sp³-hybridized carbons (Fsp3) is 0.286. The lowest BCUT2D eigenvalue weighted by atomic mass is 10.1. The minimum Gasteiger partial charge on any atom is -0.454 e. The fourth-order valence-corrected chi connectivity index (χ4v) is 3.33. The van der Waals surface area contributed by atoms with E-state index in [9.17, 15) is 14.4 Å². The molecule has 150 valence electrons. The summed E-state index contributed by atoms with van der Waals surface area (Å²) in [6.07, 6.45) is 0. The van der Waals surface area contributed by atoms with Crippen LogP contribution in [0.1, 0.15) is 20.7 Å². The van der Waals surface area contributed by atoms with Crippen LogP contribution in [0.2, 0.25) is 0 Å². The van der Waals surface area contributed by atoms with Crippen LogP contribution in [0.15, 0.2) is 48.5 Å². The van der Waals surface area contributed by atoms with Crippen molar-refractivity contribution in [1.29, 1.82) is 0 Å². The molecule has 1 saturated heterocycles. The molecule has 1 N–H and O–H groups in total. The Morgan fingerprint density at radius 1 is 0.828 bits per heavy atom. The van der Waals surface area contributed by atoms with Crippen molar-refractivity contribution < 1.29 is 23.9 Å². The number of hydrogen-bond donors (Lipinski definition) is 1. The standard InChI is InChI=1S/C21H21N3O5/c25-19(13-22-20(26)15-4-2-1-3-5-15)23-8-10-24(11-9-23)21(27)16-6-7-17-18(12-16)29-14-28-17/h1-7,12H,8-11,13-14H2,(H,22,26). The van der Waals surface area contributed by atoms with E-state index in [0.29, 0.717) is 48.8 Å². The fourth-order valence-electron chi connectivity index (χ4n) is 3.33. The lowest BCUT2D eigenvalue weighted by molar-refractivity contribution is -0.131. The van der Waals surface area contributed by atoms with Crippen LogP contribution in [0.5, 0.6) is 11.5 Å². The molecule has 1 fully saturated rings. The summed E-state index contributed by atoms with van der Waals surface area (Å²) in [4.78, 5) is 40.5. The number of piperazine rings is 1. The zero-order valence-corrected chi connectivity index (χ0v) is 15.8. The molecule has 2 aliphatic rings. The van der Waals surface area contributed by atoms with E-state index in [0.717, 1.165) is 0 Å². The third-order valence-electron chi connectivity index (χ3n) is 4.98. The molecule has 8 heteroatoms. The lowest BCUT2D eigenvalue weighted by Crippen LogP contribution is -2.52. The van der Waals surface area contributed by atoms with E-state index < -0.39 is 0 Å². The number of nitrogens with zero attached hydrogens (tertiary/aromatic N) is 2. The van der Waals surface area contributed by atoms with Gasteiger partial charge in [0.15, 0.2) is 11.5 Å². The van der Waals surface area contributed by atoms with Gasteiger partial charge in [-0.3, -0.25) is 14.4 Å². The summed E-state index contributed by atoms with van der Waals surface area (Å²) < 4.78 is 10.6. The SMILES string of the molecule is O=C(NCC(=O)N1CCN(C(=O)c2ccc3c(c2)OCO3)CC1)c1ccccc1. The molecule has 0 unspecified atom stereocenters. The molecule has 4 rings (SSSR count). The molecule has 2 aromatic rings. The first-order chi connectivity index (χ1) is 14.1. The quantitative estimate of drug-likeness (QED) is 0.839. The predicted octanol–water partition coefficient (Wildman–Crippen LogP) is 1.13. The van der Waals surface area contributed by atoms with E-state index in [-0.39, 0.29) is 31.1 Å². The highest BCUT2D eigenvalue weighted by Crippen LogP contribution is 2.32. The first-order valence-corrected chi connectivity index (χ1v) is 9.42. The third kappa shape index (κ3) is 4.16. The number of fused-ring (bicyclic) bond motifs is 1. The highest BCUT2D eigenvalue weighted by atomic mass is 16.7. The zero-order chi connectivity index (χ0) is 20.2. The second kappa shape index (κ2) is 8.22. The van der Waals surface area contributed by atoms with E-state index in [1.165, 1.54) is 0 Å². The molecule has 2 aliphatic heterocycles. The van der Waals surface area contributed by atoms with Gasteiger partial charge in [0, 0.05) is 37.3 Å². The topological polar surface area (TPSA) is 88.2 Å². The Balaban J connectivity index is 1.27. The number of carbonyl (C=O) groups excluding carboxylic acids is 3. The number of benzene rings is 2. The third-order valence-corrected chi connectivity index (χ3v) is 4.98. The molecular formula is C21H21N3O5. The van der Waals surface area contributed by atoms with Gasteiger partial charge in [-0.2, -0.15) is 0 Å². The molecule has 0 radical (unpaired) electrons. The van der Waals surface area contributed by atoms with E-state index in [1.807, 2.05) is 6.07 Å². The molecule has 2 heterocycles. The predicted molar refractivity (Wildman–Crippen MR) is 104 cm³/mol. The maximum atomic E-state index is 12.7. The van der Waals surface area contributed by atoms with Crippen molar-refractivity contribution in [3.8, 4) is 11.5 Å². The second-order valence-corrected chi connectivity index (χ2v) is 6.79. The lowest BCUT2D eigenvalue weighted by Gasteiger charge is -2.34. The van der Waals surface area contributed by atoms with Gasteiger partial charge in [-0.25, -0.2) is 0 Å². The number of nitrogens with one attached hydrogen (secondary N) is 1. The average molecular weight is 395 g/mol. The van der Waals surface area contributed by atoms with E-state index in [1.54, 1.807) is 52.3 Å². The molecule has 3 amide bonds. The van der Waals surface area contributed by atoms with E-state index in [2.05, 4.69) is 5.32 Å². The monoisotopic (exact) mass is 395 g/mol. The van der Waals surface area contributed by atoms with Crippen LogP contribution in [-0.4, -0.2) is 67.0 Å². The molecule has 8 nitrogen and oxygen atoms in total. The smallest absolute Gasteiger partial charge is 0.254 e. The minimum atomic E-state index is -0.282. The number of hydrogen-bond acceptors (Lipinski definition) is 5. The van der Waals surface area contributed by atoms with Crippen molar-refractivity contribution in [2.24, 2.45) is 0 Å². The van der Waals surface area contributed by atoms with Crippen molar-refractivity contribution in [1.82, 2.24) is 15.1 Å². The molecular weight excluding hydrogens is 374 g/mol. The molecule has 2 aromatic carbocycles. The van der Waals surface area contributed by atoms with E-state index >= 15 is 0 Å². The van der Waals surface area contributed by atoms with Crippen LogP contribution in [0.4, 0.5) is 0 Å². The van der Waals surface area contributed by atoms with Crippen LogP contribution < -0.4 is 14.8 Å². The molecule has 0 bridgehead atoms. The number of carbonyl (C=O) groups is 3. The Morgan fingerprint density at radius 2 is 1.52 bits per heavy atom. The first-order valence-electron chi connectivity index (χ1n) is 9.42. The maximum Gasteiger partial charge on any atom is 0.254 e. The highest BCUT2D eigenvalue weighted by molar-refractivity contribution is 5.97. The van der Waals surface area contributed by atoms with Crippen molar-refractivity contribution in [3.05, 3.63) is 59.7 Å². The van der Waals surface area contributed by atoms with Gasteiger partial charge in [0.25, 0.3) is 11.8 Å². The molecule has 0 atom stereocenters. The zero-order valence-electron chi connectivity index (χ0n) is 15.8. The summed E-state index contributed by atoms with van der Waals surface area (Å²) in [5.74, 6) is 0.654. The number of amides is 3. The van der Waals surface area contributed by atoms with Gasteiger partial charge in [0.05, 0.1) is 6.54 Å². The van der Waals surface area contributed by atoms with Gasteiger partial charge in [0.1, 0.15) is 0 Å². The largest absolute Gasteiger partial charge is 0.454 e. The van der Waals surface area contributed by atoms with Gasteiger partial charge in [-0.15, -0.1) is 0 Å². The van der Waals surface area contributed by atoms with Crippen LogP contribution in [0.25, 0.3) is 0 Å². The van der Waals surface area contributed by atoms with Crippen LogP contribution in [0, 0.1) is 0 Å². The van der Waals surface area contributed by atoms with Crippen LogP contribution in [-0.2, 0) is 4.79 Å². The van der Waals surface area contributed by atoms with Gasteiger partial charge in [-0.1, -0.05) is 18.2 Å². The van der Waals surface area contributed by atoms with Gasteiger partial charge in [-0.05, 0) is 30.3 Å². The van der Waals surface area contributed by atoms with Crippen molar-refractivity contribution in [3.63, 3.8) is 0 Å². The molecule has 0 aromatic heterocycles. The van der Waals surface area contributed by atoms with Gasteiger partial charge < -0.3 is 24.6 Å². The Kier molecular flexibility index (Phi) is 5.33. The van der Waals surface area contributed by atoms with Crippen molar-refractivity contribution in [2.45, 2.75) is 0 Å². The van der Waals surface area contributed by atoms with Crippen LogP contribution in [0.3, 0.4) is 0 Å². The van der Waals surface area contributed by atoms with Gasteiger partial charge >= 0.3 is 0 Å². The normalized spacial score (nSPS) is 15.2. The van der Waals surface area contributed by atoms with Crippen LogP contribution >= 0.6 is 0 Å². The Bertz CT molecular complexity index is 923. The maximum absolute atomic E-state index is 12.7. The molecule has 0 saturated carbocycles. The minimum absolute atomic E-state index is 0.0656. The summed E-state index contributed by atoms with van der Waals surface area (Å²) >= 11 is 0. The summed E-state index contributed by atoms with van der Waals surface area (Å²) in [6, 6.07) is 13.9. The summed E-state index contributed by atoms with van der Waals surface area (Å²) in [5.41, 5.74) is 1.04. The summed E-state index contributed by atoms with van der Waals surface area (Å²) in [6.45, 7) is 1.82. The first kappa shape index (κ1) is 18.8. The Morgan fingerprint density at radius 3 is 2.28 bits per heavy atom. The number of ether oxygens (including phenoxy) is 2. The molecule has 29 heavy (non-hydrogen) atoms. The molecule has 0 spiro atoms. The summed E-state index contributed by atoms with van der Waals surface area (Å²) in [5, 5.41) is 2.64. The van der Waals surface area contributed by atoms with Gasteiger partial charge in [0.2, 0.25) is 12.7 Å². The Hall–Kier alpha value is -3.55. The molecule has 0 aliphatic carbocycles. The Labute approximate surface area is 168 Å². The number of rotatable bonds is 4. The van der Waals surface area contributed by atoms with Crippen molar-refractivity contribution >= 4 is 17.7 Å². The second-order valence-electron chi connectivity index (χ2n) is 6.79. The summed E-state index contributed by atoms with van der Waals surface area (Å²) in [7, 11) is 0. The average Bonchev–Trinajstić information content (AvgIpc) is 3.25. The van der Waals surface area contributed by atoms with Crippen molar-refractivity contribution in [2.75, 3.05) is 39.5 Å². The highest BCUT2D eigenvalue weighted by Gasteiger charge is 2.26. The van der Waals surface area contributed by atoms with E-state index in [4.69, 9.17) is 9.47 Å².